The number of aromatic nitrogens is 5. The molecule has 1 aliphatic heterocycles. The summed E-state index contributed by atoms with van der Waals surface area (Å²) in [5, 5.41) is 9.41. The summed E-state index contributed by atoms with van der Waals surface area (Å²) in [6, 6.07) is 7.72. The number of carbonyl (C=O) groups excluding carboxylic acids is 1. The van der Waals surface area contributed by atoms with Gasteiger partial charge in [0.15, 0.2) is 5.16 Å². The third-order valence-electron chi connectivity index (χ3n) is 4.36. The third kappa shape index (κ3) is 2.73. The maximum absolute atomic E-state index is 12.1. The first-order valence-corrected chi connectivity index (χ1v) is 9.25. The number of fused-ring (bicyclic) bond motifs is 2. The average molecular weight is 341 g/mol. The highest BCUT2D eigenvalue weighted by Crippen LogP contribution is 2.27. The van der Waals surface area contributed by atoms with Crippen molar-refractivity contribution in [3.05, 3.63) is 35.9 Å². The second-order valence-electron chi connectivity index (χ2n) is 6.02. The molecule has 0 atom stereocenters. The largest absolute Gasteiger partial charge is 0.314 e. The van der Waals surface area contributed by atoms with Gasteiger partial charge < -0.3 is 4.57 Å². The molecule has 0 spiro atoms. The monoisotopic (exact) mass is 341 g/mol. The molecule has 0 fully saturated rings. The van der Waals surface area contributed by atoms with Gasteiger partial charge >= 0.3 is 0 Å². The molecule has 0 saturated carbocycles. The minimum absolute atomic E-state index is 0.0220. The van der Waals surface area contributed by atoms with Crippen LogP contribution in [0.2, 0.25) is 0 Å². The Morgan fingerprint density at radius 2 is 2.08 bits per heavy atom. The van der Waals surface area contributed by atoms with Crippen molar-refractivity contribution in [3.8, 4) is 0 Å². The fraction of sp³-hybridized carbons (Fsp3) is 0.412. The van der Waals surface area contributed by atoms with E-state index in [1.54, 1.807) is 23.3 Å². The molecule has 1 aromatic carbocycles. The van der Waals surface area contributed by atoms with E-state index in [1.807, 2.05) is 24.3 Å². The van der Waals surface area contributed by atoms with Gasteiger partial charge in [0.05, 0.1) is 16.8 Å². The Labute approximate surface area is 144 Å². The summed E-state index contributed by atoms with van der Waals surface area (Å²) in [6.45, 7) is 2.56. The Balaban J connectivity index is 1.63. The van der Waals surface area contributed by atoms with Crippen molar-refractivity contribution in [2.75, 3.05) is 0 Å². The molecule has 0 radical (unpaired) electrons. The van der Waals surface area contributed by atoms with Crippen LogP contribution < -0.4 is 0 Å². The number of nitrogens with zero attached hydrogens (tertiary/aromatic N) is 5. The van der Waals surface area contributed by atoms with Crippen molar-refractivity contribution in [2.45, 2.75) is 50.1 Å². The number of thioether (sulfide) groups is 1. The van der Waals surface area contributed by atoms with E-state index < -0.39 is 0 Å². The average Bonchev–Trinajstić information content (AvgIpc) is 3.05. The molecule has 124 valence electrons. The molecular weight excluding hydrogens is 322 g/mol. The quantitative estimate of drug-likeness (QED) is 0.684. The normalized spacial score (nSPS) is 14.5. The lowest BCUT2D eigenvalue weighted by molar-refractivity contribution is 0.0931. The number of hydrogen-bond donors (Lipinski definition) is 0. The predicted octanol–water partition coefficient (Wildman–Crippen LogP) is 3.31. The lowest BCUT2D eigenvalue weighted by Crippen LogP contribution is -2.08. The fourth-order valence-electron chi connectivity index (χ4n) is 3.19. The number of hydrogen-bond acceptors (Lipinski definition) is 5. The van der Waals surface area contributed by atoms with Gasteiger partial charge in [0, 0.05) is 19.9 Å². The third-order valence-corrected chi connectivity index (χ3v) is 5.30. The number of para-hydroxylation sites is 2. The molecule has 3 aromatic rings. The fourth-order valence-corrected chi connectivity index (χ4v) is 4.18. The highest BCUT2D eigenvalue weighted by Gasteiger charge is 2.18. The Morgan fingerprint density at radius 1 is 1.21 bits per heavy atom. The van der Waals surface area contributed by atoms with E-state index >= 15 is 0 Å². The van der Waals surface area contributed by atoms with Gasteiger partial charge in [0.25, 0.3) is 0 Å². The minimum atomic E-state index is -0.0220. The van der Waals surface area contributed by atoms with Crippen molar-refractivity contribution in [3.63, 3.8) is 0 Å². The highest BCUT2D eigenvalue weighted by molar-refractivity contribution is 7.98. The molecule has 0 bridgehead atoms. The second kappa shape index (κ2) is 6.39. The van der Waals surface area contributed by atoms with E-state index in [-0.39, 0.29) is 5.91 Å². The molecule has 1 aliphatic rings. The van der Waals surface area contributed by atoms with Crippen molar-refractivity contribution in [1.29, 1.82) is 0 Å². The zero-order valence-corrected chi connectivity index (χ0v) is 14.4. The van der Waals surface area contributed by atoms with E-state index in [4.69, 9.17) is 0 Å². The van der Waals surface area contributed by atoms with Crippen LogP contribution in [0.3, 0.4) is 0 Å². The van der Waals surface area contributed by atoms with Crippen LogP contribution in [-0.2, 0) is 18.7 Å². The standard InChI is InChI=1S/C17H19N5OS/c1-12(23)22-14-8-5-4-7-13(14)18-17(22)24-11-16-20-19-15-9-3-2-6-10-21(15)16/h4-5,7-8H,2-3,6,9-11H2,1H3. The zero-order valence-electron chi connectivity index (χ0n) is 13.6. The van der Waals surface area contributed by atoms with E-state index in [0.717, 1.165) is 40.8 Å². The zero-order chi connectivity index (χ0) is 16.5. The van der Waals surface area contributed by atoms with Crippen LogP contribution in [0.5, 0.6) is 0 Å². The first-order chi connectivity index (χ1) is 11.7. The van der Waals surface area contributed by atoms with Gasteiger partial charge in [-0.2, -0.15) is 0 Å². The van der Waals surface area contributed by atoms with Crippen LogP contribution in [0.25, 0.3) is 11.0 Å². The lowest BCUT2D eigenvalue weighted by atomic mass is 10.2. The van der Waals surface area contributed by atoms with Crippen LogP contribution in [0.4, 0.5) is 0 Å². The van der Waals surface area contributed by atoms with Gasteiger partial charge in [-0.05, 0) is 25.0 Å². The first kappa shape index (κ1) is 15.4. The Hall–Kier alpha value is -2.15. The van der Waals surface area contributed by atoms with Crippen LogP contribution in [0, 0.1) is 0 Å². The van der Waals surface area contributed by atoms with E-state index in [1.165, 1.54) is 19.3 Å². The number of aryl methyl sites for hydroxylation is 1. The summed E-state index contributed by atoms with van der Waals surface area (Å²) in [5.41, 5.74) is 1.70. The van der Waals surface area contributed by atoms with Crippen molar-refractivity contribution < 1.29 is 4.79 Å². The lowest BCUT2D eigenvalue weighted by Gasteiger charge is -2.07. The molecule has 3 heterocycles. The molecule has 0 amide bonds. The smallest absolute Gasteiger partial charge is 0.230 e. The van der Waals surface area contributed by atoms with Crippen molar-refractivity contribution >= 4 is 28.7 Å². The molecule has 6 nitrogen and oxygen atoms in total. The summed E-state index contributed by atoms with van der Waals surface area (Å²) in [7, 11) is 0. The molecule has 24 heavy (non-hydrogen) atoms. The van der Waals surface area contributed by atoms with Crippen molar-refractivity contribution in [2.24, 2.45) is 0 Å². The number of imidazole rings is 1. The molecule has 0 unspecified atom stereocenters. The predicted molar refractivity (Wildman–Crippen MR) is 93.2 cm³/mol. The number of rotatable bonds is 3. The highest BCUT2D eigenvalue weighted by atomic mass is 32.2. The minimum Gasteiger partial charge on any atom is -0.314 e. The van der Waals surface area contributed by atoms with E-state index in [9.17, 15) is 4.79 Å². The number of benzene rings is 1. The summed E-state index contributed by atoms with van der Waals surface area (Å²) in [5.74, 6) is 2.71. The van der Waals surface area contributed by atoms with Crippen LogP contribution in [-0.4, -0.2) is 30.2 Å². The van der Waals surface area contributed by atoms with Gasteiger partial charge in [-0.25, -0.2) is 4.98 Å². The van der Waals surface area contributed by atoms with Gasteiger partial charge in [0.1, 0.15) is 11.6 Å². The van der Waals surface area contributed by atoms with Crippen molar-refractivity contribution in [1.82, 2.24) is 24.3 Å². The van der Waals surface area contributed by atoms with Gasteiger partial charge in [-0.15, -0.1) is 10.2 Å². The van der Waals surface area contributed by atoms with Gasteiger partial charge in [0.2, 0.25) is 5.91 Å². The van der Waals surface area contributed by atoms with Crippen LogP contribution in [0.15, 0.2) is 29.4 Å². The van der Waals surface area contributed by atoms with Crippen LogP contribution >= 0.6 is 11.8 Å². The molecule has 7 heteroatoms. The van der Waals surface area contributed by atoms with Crippen LogP contribution in [0.1, 0.15) is 42.6 Å². The molecule has 4 rings (SSSR count). The SMILES string of the molecule is CC(=O)n1c(SCc2nnc3n2CCCCC3)nc2ccccc21. The number of carbonyl (C=O) groups is 1. The van der Waals surface area contributed by atoms with E-state index in [0.29, 0.717) is 5.75 Å². The molecule has 0 N–H and O–H groups in total. The first-order valence-electron chi connectivity index (χ1n) is 8.26. The molecule has 0 saturated heterocycles. The molecular formula is C17H19N5OS. The Morgan fingerprint density at radius 3 is 2.96 bits per heavy atom. The van der Waals surface area contributed by atoms with E-state index in [2.05, 4.69) is 19.7 Å². The second-order valence-corrected chi connectivity index (χ2v) is 6.96. The Bertz CT molecular complexity index is 898. The Kier molecular flexibility index (Phi) is 4.10. The summed E-state index contributed by atoms with van der Waals surface area (Å²) in [6.07, 6.45) is 4.61. The molecule has 0 aliphatic carbocycles. The summed E-state index contributed by atoms with van der Waals surface area (Å²) >= 11 is 1.55. The maximum atomic E-state index is 12.1. The maximum Gasteiger partial charge on any atom is 0.230 e. The summed E-state index contributed by atoms with van der Waals surface area (Å²) in [4.78, 5) is 16.7. The molecule has 2 aromatic heterocycles. The summed E-state index contributed by atoms with van der Waals surface area (Å²) < 4.78 is 3.92. The topological polar surface area (TPSA) is 65.6 Å². The van der Waals surface area contributed by atoms with Gasteiger partial charge in [-0.3, -0.25) is 9.36 Å². The van der Waals surface area contributed by atoms with Gasteiger partial charge in [-0.1, -0.05) is 30.3 Å².